The summed E-state index contributed by atoms with van der Waals surface area (Å²) in [5.41, 5.74) is -0.0462. The minimum atomic E-state index is -3.50. The molecule has 0 aromatic carbocycles. The van der Waals surface area contributed by atoms with E-state index in [1.165, 1.54) is 6.42 Å². The Bertz CT molecular complexity index is 498. The van der Waals surface area contributed by atoms with Gasteiger partial charge >= 0.3 is 0 Å². The van der Waals surface area contributed by atoms with Crippen molar-refractivity contribution in [3.63, 3.8) is 0 Å². The van der Waals surface area contributed by atoms with Crippen molar-refractivity contribution in [2.24, 2.45) is 22.7 Å². The molecule has 2 aliphatic rings. The van der Waals surface area contributed by atoms with Crippen LogP contribution in [0.1, 0.15) is 52.9 Å². The Morgan fingerprint density at radius 3 is 2.50 bits per heavy atom. The molecule has 20 heavy (non-hydrogen) atoms. The van der Waals surface area contributed by atoms with Crippen molar-refractivity contribution in [1.82, 2.24) is 0 Å². The molecule has 5 heteroatoms. The van der Waals surface area contributed by atoms with Gasteiger partial charge in [0.2, 0.25) is 0 Å². The van der Waals surface area contributed by atoms with Crippen LogP contribution >= 0.6 is 0 Å². The van der Waals surface area contributed by atoms with Crippen LogP contribution in [0.15, 0.2) is 0 Å². The summed E-state index contributed by atoms with van der Waals surface area (Å²) < 4.78 is 27.5. The molecule has 4 nitrogen and oxygen atoms in total. The van der Waals surface area contributed by atoms with Gasteiger partial charge in [-0.1, -0.05) is 33.6 Å². The summed E-state index contributed by atoms with van der Waals surface area (Å²) in [5.74, 6) is 0.441. The Balaban J connectivity index is 2.30. The van der Waals surface area contributed by atoms with E-state index in [-0.39, 0.29) is 29.1 Å². The minimum absolute atomic E-state index is 0.0104. The molecule has 0 spiro atoms. The van der Waals surface area contributed by atoms with Crippen LogP contribution in [-0.2, 0) is 19.1 Å². The third-order valence-corrected chi connectivity index (χ3v) is 6.79. The molecular formula is C15H26O4S. The van der Waals surface area contributed by atoms with Gasteiger partial charge in [-0.25, -0.2) is 0 Å². The van der Waals surface area contributed by atoms with E-state index >= 15 is 0 Å². The molecule has 2 fully saturated rings. The lowest BCUT2D eigenvalue weighted by atomic mass is 9.45. The van der Waals surface area contributed by atoms with E-state index in [0.29, 0.717) is 12.3 Å². The maximum Gasteiger partial charge on any atom is 0.264 e. The van der Waals surface area contributed by atoms with Gasteiger partial charge in [0, 0.05) is 12.3 Å². The average Bonchev–Trinajstić information content (AvgIpc) is 2.31. The van der Waals surface area contributed by atoms with Crippen molar-refractivity contribution >= 4 is 15.9 Å². The molecule has 2 rings (SSSR count). The summed E-state index contributed by atoms with van der Waals surface area (Å²) >= 11 is 0. The van der Waals surface area contributed by atoms with Crippen LogP contribution in [0.5, 0.6) is 0 Å². The maximum atomic E-state index is 12.3. The number of carbonyl (C=O) groups is 1. The van der Waals surface area contributed by atoms with Crippen LogP contribution in [-0.4, -0.2) is 27.1 Å². The van der Waals surface area contributed by atoms with E-state index < -0.39 is 10.1 Å². The van der Waals surface area contributed by atoms with Gasteiger partial charge in [0.1, 0.15) is 5.78 Å². The molecule has 2 saturated carbocycles. The van der Waals surface area contributed by atoms with Crippen LogP contribution < -0.4 is 0 Å². The fourth-order valence-electron chi connectivity index (χ4n) is 4.43. The molecule has 0 N–H and O–H groups in total. The summed E-state index contributed by atoms with van der Waals surface area (Å²) in [6.07, 6.45) is 5.80. The molecule has 0 aliphatic heterocycles. The van der Waals surface area contributed by atoms with Crippen LogP contribution in [0.2, 0.25) is 0 Å². The lowest BCUT2D eigenvalue weighted by Gasteiger charge is -2.59. The Kier molecular flexibility index (Phi) is 4.06. The van der Waals surface area contributed by atoms with Gasteiger partial charge in [-0.05, 0) is 29.6 Å². The summed E-state index contributed by atoms with van der Waals surface area (Å²) in [5, 5.41) is 0. The van der Waals surface area contributed by atoms with Gasteiger partial charge in [-0.2, -0.15) is 8.42 Å². The maximum absolute atomic E-state index is 12.3. The third kappa shape index (κ3) is 2.54. The van der Waals surface area contributed by atoms with Crippen LogP contribution in [0, 0.1) is 22.7 Å². The summed E-state index contributed by atoms with van der Waals surface area (Å²) in [6.45, 7) is 6.71. The predicted octanol–water partition coefficient (Wildman–Crippen LogP) is 2.77. The standard InChI is InChI=1S/C15H26O4S/c1-11-6-5-8-15(3)12(10-19-20(4,17)18)13(16)7-9-14(11,15)2/h11-12H,5-10H2,1-4H3/t11-,12-,14+,15+/m1/s1. The van der Waals surface area contributed by atoms with Crippen LogP contribution in [0.25, 0.3) is 0 Å². The second-order valence-electron chi connectivity index (χ2n) is 7.14. The van der Waals surface area contributed by atoms with Crippen molar-refractivity contribution < 1.29 is 17.4 Å². The highest BCUT2D eigenvalue weighted by Gasteiger charge is 2.58. The first-order valence-corrected chi connectivity index (χ1v) is 9.29. The Morgan fingerprint density at radius 1 is 1.25 bits per heavy atom. The first-order chi connectivity index (χ1) is 9.10. The molecule has 0 bridgehead atoms. The van der Waals surface area contributed by atoms with E-state index in [1.54, 1.807) is 0 Å². The van der Waals surface area contributed by atoms with Gasteiger partial charge in [0.05, 0.1) is 12.9 Å². The largest absolute Gasteiger partial charge is 0.299 e. The zero-order chi connectivity index (χ0) is 15.2. The number of carbonyl (C=O) groups excluding carboxylic acids is 1. The van der Waals surface area contributed by atoms with Gasteiger partial charge in [-0.3, -0.25) is 8.98 Å². The normalized spacial score (nSPS) is 42.3. The first kappa shape index (κ1) is 16.0. The van der Waals surface area contributed by atoms with Crippen molar-refractivity contribution in [1.29, 1.82) is 0 Å². The van der Waals surface area contributed by atoms with Crippen LogP contribution in [0.4, 0.5) is 0 Å². The molecule has 0 amide bonds. The third-order valence-electron chi connectivity index (χ3n) is 6.22. The van der Waals surface area contributed by atoms with Gasteiger partial charge in [0.25, 0.3) is 10.1 Å². The second-order valence-corrected chi connectivity index (χ2v) is 8.78. The monoisotopic (exact) mass is 302 g/mol. The Labute approximate surface area is 122 Å². The highest BCUT2D eigenvalue weighted by atomic mass is 32.2. The molecule has 0 aromatic heterocycles. The molecule has 0 heterocycles. The fourth-order valence-corrected chi connectivity index (χ4v) is 4.81. The molecule has 0 unspecified atom stereocenters. The van der Waals surface area contributed by atoms with Gasteiger partial charge in [-0.15, -0.1) is 0 Å². The zero-order valence-electron chi connectivity index (χ0n) is 12.9. The summed E-state index contributed by atoms with van der Waals surface area (Å²) in [6, 6.07) is 0. The van der Waals surface area contributed by atoms with E-state index in [0.717, 1.165) is 25.5 Å². The first-order valence-electron chi connectivity index (χ1n) is 7.47. The number of rotatable bonds is 3. The summed E-state index contributed by atoms with van der Waals surface area (Å²) in [4.78, 5) is 12.3. The van der Waals surface area contributed by atoms with Crippen LogP contribution in [0.3, 0.4) is 0 Å². The van der Waals surface area contributed by atoms with Crippen molar-refractivity contribution in [2.75, 3.05) is 12.9 Å². The SMILES string of the molecule is C[C@@H]1CCC[C@@]2(C)[C@H](COS(C)(=O)=O)C(=O)CC[C@@]12C. The van der Waals surface area contributed by atoms with Crippen molar-refractivity contribution in [3.8, 4) is 0 Å². The van der Waals surface area contributed by atoms with E-state index in [9.17, 15) is 13.2 Å². The van der Waals surface area contributed by atoms with Gasteiger partial charge < -0.3 is 0 Å². The number of ketones is 1. The molecule has 0 radical (unpaired) electrons. The quantitative estimate of drug-likeness (QED) is 0.752. The highest BCUT2D eigenvalue weighted by Crippen LogP contribution is 2.62. The lowest BCUT2D eigenvalue weighted by molar-refractivity contribution is -0.155. The highest BCUT2D eigenvalue weighted by molar-refractivity contribution is 7.85. The topological polar surface area (TPSA) is 60.4 Å². The molecule has 0 saturated heterocycles. The fraction of sp³-hybridized carbons (Fsp3) is 0.933. The van der Waals surface area contributed by atoms with Crippen molar-refractivity contribution in [3.05, 3.63) is 0 Å². The molecule has 0 aromatic rings. The summed E-state index contributed by atoms with van der Waals surface area (Å²) in [7, 11) is -3.50. The lowest BCUT2D eigenvalue weighted by Crippen LogP contribution is -2.56. The Hall–Kier alpha value is -0.420. The molecule has 116 valence electrons. The molecular weight excluding hydrogens is 276 g/mol. The molecule has 4 atom stereocenters. The number of hydrogen-bond acceptors (Lipinski definition) is 4. The smallest absolute Gasteiger partial charge is 0.264 e. The number of Topliss-reactive ketones (excluding diaryl/α,β-unsaturated/α-hetero) is 1. The van der Waals surface area contributed by atoms with E-state index in [1.807, 2.05) is 0 Å². The number of fused-ring (bicyclic) bond motifs is 1. The van der Waals surface area contributed by atoms with E-state index in [4.69, 9.17) is 4.18 Å². The minimum Gasteiger partial charge on any atom is -0.299 e. The average molecular weight is 302 g/mol. The second kappa shape index (κ2) is 5.09. The Morgan fingerprint density at radius 2 is 1.90 bits per heavy atom. The molecule has 2 aliphatic carbocycles. The van der Waals surface area contributed by atoms with E-state index in [2.05, 4.69) is 20.8 Å². The van der Waals surface area contributed by atoms with Gasteiger partial charge in [0.15, 0.2) is 0 Å². The van der Waals surface area contributed by atoms with Crippen molar-refractivity contribution in [2.45, 2.75) is 52.9 Å². The predicted molar refractivity (Wildman–Crippen MR) is 77.8 cm³/mol. The number of hydrogen-bond donors (Lipinski definition) is 0. The zero-order valence-corrected chi connectivity index (χ0v) is 13.8.